The number of amides is 1. The molecule has 0 aliphatic rings. The van der Waals surface area contributed by atoms with Crippen molar-refractivity contribution in [1.29, 1.82) is 0 Å². The number of aryl methyl sites for hydroxylation is 1. The fourth-order valence-corrected chi connectivity index (χ4v) is 2.37. The zero-order valence-electron chi connectivity index (χ0n) is 12.8. The Labute approximate surface area is 128 Å². The maximum atomic E-state index is 12.1. The molecule has 0 aliphatic carbocycles. The second-order valence-electron chi connectivity index (χ2n) is 5.42. The van der Waals surface area contributed by atoms with Crippen molar-refractivity contribution < 1.29 is 4.79 Å². The van der Waals surface area contributed by atoms with Gasteiger partial charge in [0.15, 0.2) is 5.69 Å². The van der Waals surface area contributed by atoms with Crippen molar-refractivity contribution in [2.45, 2.75) is 40.7 Å². The maximum Gasteiger partial charge on any atom is 0.273 e. The van der Waals surface area contributed by atoms with E-state index in [9.17, 15) is 4.79 Å². The second kappa shape index (κ2) is 6.75. The summed E-state index contributed by atoms with van der Waals surface area (Å²) in [5.41, 5.74) is 2.86. The lowest BCUT2D eigenvalue weighted by Crippen LogP contribution is -2.26. The summed E-state index contributed by atoms with van der Waals surface area (Å²) in [5, 5.41) is 10.9. The van der Waals surface area contributed by atoms with Crippen molar-refractivity contribution >= 4 is 17.6 Å². The monoisotopic (exact) mass is 308 g/mol. The van der Waals surface area contributed by atoms with Gasteiger partial charge in [-0.05, 0) is 26.2 Å². The summed E-state index contributed by atoms with van der Waals surface area (Å²) in [4.78, 5) is 12.1. The molecule has 2 aromatic rings. The zero-order chi connectivity index (χ0) is 15.4. The molecular formula is C13H20N6OS. The predicted molar refractivity (Wildman–Crippen MR) is 80.3 cm³/mol. The van der Waals surface area contributed by atoms with Gasteiger partial charge in [-0.1, -0.05) is 19.1 Å². The first-order chi connectivity index (χ1) is 9.99. The molecule has 0 unspecified atom stereocenters. The molecule has 0 fully saturated rings. The van der Waals surface area contributed by atoms with E-state index in [2.05, 4.69) is 38.2 Å². The molecule has 0 aliphatic heterocycles. The summed E-state index contributed by atoms with van der Waals surface area (Å²) in [6.45, 7) is 9.13. The van der Waals surface area contributed by atoms with Crippen LogP contribution >= 0.6 is 11.7 Å². The highest BCUT2D eigenvalue weighted by molar-refractivity contribution is 6.99. The molecule has 114 valence electrons. The summed E-state index contributed by atoms with van der Waals surface area (Å²) in [6.07, 6.45) is 0.947. The Kier molecular flexibility index (Phi) is 5.00. The first kappa shape index (κ1) is 15.6. The molecule has 0 atom stereocenters. The third-order valence-corrected chi connectivity index (χ3v) is 3.91. The average molecular weight is 308 g/mol. The van der Waals surface area contributed by atoms with Crippen LogP contribution in [0.4, 0.5) is 0 Å². The van der Waals surface area contributed by atoms with Gasteiger partial charge in [-0.3, -0.25) is 4.79 Å². The van der Waals surface area contributed by atoms with Gasteiger partial charge in [0.2, 0.25) is 0 Å². The molecule has 21 heavy (non-hydrogen) atoms. The Bertz CT molecular complexity index is 618. The minimum Gasteiger partial charge on any atom is -0.351 e. The Morgan fingerprint density at radius 2 is 2.10 bits per heavy atom. The van der Waals surface area contributed by atoms with E-state index < -0.39 is 0 Å². The Hall–Kier alpha value is -1.83. The summed E-state index contributed by atoms with van der Waals surface area (Å²) in [7, 11) is 0. The first-order valence-electron chi connectivity index (χ1n) is 6.95. The van der Waals surface area contributed by atoms with Gasteiger partial charge in [-0.2, -0.15) is 8.75 Å². The van der Waals surface area contributed by atoms with E-state index in [0.717, 1.165) is 23.5 Å². The largest absolute Gasteiger partial charge is 0.351 e. The smallest absolute Gasteiger partial charge is 0.273 e. The number of hydrogen-bond donors (Lipinski definition) is 1. The topological polar surface area (TPSA) is 85.6 Å². The zero-order valence-corrected chi connectivity index (χ0v) is 13.6. The lowest BCUT2D eigenvalue weighted by molar-refractivity contribution is 0.0946. The van der Waals surface area contributed by atoms with Crippen LogP contribution in [0.2, 0.25) is 0 Å². The first-order valence-corrected chi connectivity index (χ1v) is 7.68. The van der Waals surface area contributed by atoms with Gasteiger partial charge in [0.25, 0.3) is 5.91 Å². The maximum absolute atomic E-state index is 12.1. The van der Waals surface area contributed by atoms with Gasteiger partial charge in [0.05, 0.1) is 35.4 Å². The van der Waals surface area contributed by atoms with Crippen molar-refractivity contribution in [3.8, 4) is 0 Å². The fourth-order valence-electron chi connectivity index (χ4n) is 1.81. The number of hydrogen-bond acceptors (Lipinski definition) is 6. The van der Waals surface area contributed by atoms with E-state index in [1.54, 1.807) is 4.68 Å². The van der Waals surface area contributed by atoms with Gasteiger partial charge in [-0.25, -0.2) is 4.68 Å². The van der Waals surface area contributed by atoms with E-state index in [1.165, 1.54) is 11.7 Å². The third kappa shape index (κ3) is 3.84. The van der Waals surface area contributed by atoms with E-state index >= 15 is 0 Å². The normalized spacial score (nSPS) is 11.1. The van der Waals surface area contributed by atoms with Crippen LogP contribution < -0.4 is 5.32 Å². The van der Waals surface area contributed by atoms with E-state index in [0.29, 0.717) is 24.7 Å². The highest BCUT2D eigenvalue weighted by Gasteiger charge is 2.17. The van der Waals surface area contributed by atoms with Crippen molar-refractivity contribution in [2.24, 2.45) is 5.92 Å². The number of aromatic nitrogens is 5. The summed E-state index contributed by atoms with van der Waals surface area (Å²) in [5.74, 6) is 0.384. The molecule has 0 radical (unpaired) electrons. The fraction of sp³-hybridized carbons (Fsp3) is 0.615. The molecule has 0 aromatic carbocycles. The van der Waals surface area contributed by atoms with E-state index in [1.807, 2.05) is 13.8 Å². The molecule has 8 heteroatoms. The molecule has 2 rings (SSSR count). The molecule has 7 nitrogen and oxygen atoms in total. The molecule has 1 N–H and O–H groups in total. The molecule has 0 spiro atoms. The van der Waals surface area contributed by atoms with Crippen LogP contribution in [0.3, 0.4) is 0 Å². The molecular weight excluding hydrogens is 288 g/mol. The van der Waals surface area contributed by atoms with Crippen molar-refractivity contribution in [2.75, 3.05) is 6.54 Å². The van der Waals surface area contributed by atoms with Crippen LogP contribution in [0.25, 0.3) is 0 Å². The molecule has 2 heterocycles. The quantitative estimate of drug-likeness (QED) is 0.875. The van der Waals surface area contributed by atoms with Crippen molar-refractivity contribution in [3.05, 3.63) is 22.8 Å². The number of nitrogens with zero attached hydrogens (tertiary/aromatic N) is 5. The number of carbonyl (C=O) groups is 1. The number of nitrogens with one attached hydrogen (secondary N) is 1. The lowest BCUT2D eigenvalue weighted by atomic mass is 10.1. The summed E-state index contributed by atoms with van der Waals surface area (Å²) in [6, 6.07) is 0. The minimum absolute atomic E-state index is 0.174. The Balaban J connectivity index is 2.03. The minimum atomic E-state index is -0.174. The van der Waals surface area contributed by atoms with E-state index in [-0.39, 0.29) is 5.91 Å². The SMILES string of the molecule is Cc1nsnc1Cn1nnc(C(=O)NCCC(C)C)c1C. The summed E-state index contributed by atoms with van der Waals surface area (Å²) >= 11 is 1.18. The predicted octanol–water partition coefficient (Wildman–Crippen LogP) is 1.57. The van der Waals surface area contributed by atoms with Gasteiger partial charge >= 0.3 is 0 Å². The molecule has 0 saturated heterocycles. The van der Waals surface area contributed by atoms with Crippen molar-refractivity contribution in [1.82, 2.24) is 29.1 Å². The number of carbonyl (C=O) groups excluding carboxylic acids is 1. The average Bonchev–Trinajstić information content (AvgIpc) is 2.97. The molecule has 1 amide bonds. The Morgan fingerprint density at radius 1 is 1.33 bits per heavy atom. The molecule has 0 bridgehead atoms. The second-order valence-corrected chi connectivity index (χ2v) is 5.94. The van der Waals surface area contributed by atoms with Crippen LogP contribution in [-0.4, -0.2) is 36.2 Å². The lowest BCUT2D eigenvalue weighted by Gasteiger charge is -2.06. The highest BCUT2D eigenvalue weighted by atomic mass is 32.1. The van der Waals surface area contributed by atoms with Crippen LogP contribution in [0, 0.1) is 19.8 Å². The Morgan fingerprint density at radius 3 is 2.71 bits per heavy atom. The van der Waals surface area contributed by atoms with Crippen molar-refractivity contribution in [3.63, 3.8) is 0 Å². The van der Waals surface area contributed by atoms with Crippen LogP contribution in [0.1, 0.15) is 47.8 Å². The third-order valence-electron chi connectivity index (χ3n) is 3.25. The van der Waals surface area contributed by atoms with Crippen LogP contribution in [0.5, 0.6) is 0 Å². The standard InChI is InChI=1S/C13H20N6OS/c1-8(2)5-6-14-13(20)12-10(4)19(18-15-12)7-11-9(3)16-21-17-11/h8H,5-7H2,1-4H3,(H,14,20). The number of rotatable bonds is 6. The summed E-state index contributed by atoms with van der Waals surface area (Å²) < 4.78 is 10.0. The van der Waals surface area contributed by atoms with E-state index in [4.69, 9.17) is 0 Å². The molecule has 0 saturated carbocycles. The molecule has 2 aromatic heterocycles. The van der Waals surface area contributed by atoms with Gasteiger partial charge in [-0.15, -0.1) is 5.10 Å². The van der Waals surface area contributed by atoms with Gasteiger partial charge < -0.3 is 5.32 Å². The van der Waals surface area contributed by atoms with Crippen LogP contribution in [0.15, 0.2) is 0 Å². The van der Waals surface area contributed by atoms with Gasteiger partial charge in [0.1, 0.15) is 0 Å². The van der Waals surface area contributed by atoms with Gasteiger partial charge in [0, 0.05) is 6.54 Å². The highest BCUT2D eigenvalue weighted by Crippen LogP contribution is 2.10. The van der Waals surface area contributed by atoms with Crippen LogP contribution in [-0.2, 0) is 6.54 Å².